The molecule has 1 N–H and O–H groups in total. The highest BCUT2D eigenvalue weighted by atomic mass is 35.5. The molecule has 0 fully saturated rings. The average Bonchev–Trinajstić information content (AvgIpc) is 2.89. The first-order chi connectivity index (χ1) is 19.1. The maximum Gasteiger partial charge on any atom is 0.264 e. The zero-order valence-electron chi connectivity index (χ0n) is 24.2. The van der Waals surface area contributed by atoms with Gasteiger partial charge in [-0.25, -0.2) is 8.42 Å². The van der Waals surface area contributed by atoms with Gasteiger partial charge in [0.1, 0.15) is 12.6 Å². The first-order valence-corrected chi connectivity index (χ1v) is 15.5. The third-order valence-electron chi connectivity index (χ3n) is 6.48. The lowest BCUT2D eigenvalue weighted by Crippen LogP contribution is -2.55. The molecule has 3 aromatic rings. The van der Waals surface area contributed by atoms with Gasteiger partial charge < -0.3 is 10.2 Å². The number of carbonyl (C=O) groups is 2. The van der Waals surface area contributed by atoms with Crippen LogP contribution in [0.15, 0.2) is 71.6 Å². The van der Waals surface area contributed by atoms with Gasteiger partial charge in [0.05, 0.1) is 10.6 Å². The number of halogens is 2. The van der Waals surface area contributed by atoms with Crippen LogP contribution in [0.1, 0.15) is 50.8 Å². The van der Waals surface area contributed by atoms with Gasteiger partial charge >= 0.3 is 0 Å². The first-order valence-electron chi connectivity index (χ1n) is 13.3. The fourth-order valence-electron chi connectivity index (χ4n) is 4.26. The summed E-state index contributed by atoms with van der Waals surface area (Å²) in [6.07, 6.45) is 0.322. The fraction of sp³-hybridized carbons (Fsp3) is 0.355. The number of rotatable bonds is 10. The Balaban J connectivity index is 2.09. The van der Waals surface area contributed by atoms with Gasteiger partial charge in [-0.15, -0.1) is 0 Å². The second-order valence-corrected chi connectivity index (χ2v) is 13.8. The molecule has 7 nitrogen and oxygen atoms in total. The highest BCUT2D eigenvalue weighted by molar-refractivity contribution is 7.92. The molecule has 2 amide bonds. The van der Waals surface area contributed by atoms with Crippen molar-refractivity contribution in [2.45, 2.75) is 71.0 Å². The van der Waals surface area contributed by atoms with Gasteiger partial charge in [-0.1, -0.05) is 66.0 Å². The maximum absolute atomic E-state index is 14.1. The summed E-state index contributed by atoms with van der Waals surface area (Å²) in [5.41, 5.74) is 2.13. The Morgan fingerprint density at radius 1 is 0.927 bits per heavy atom. The van der Waals surface area contributed by atoms with Crippen LogP contribution in [-0.2, 0) is 26.2 Å². The summed E-state index contributed by atoms with van der Waals surface area (Å²) in [4.78, 5) is 29.0. The number of hydrogen-bond acceptors (Lipinski definition) is 4. The SMILES string of the molecule is CC[C@@H](C(=O)NC(C)(C)C)N(Cc1ccc(Cl)cc1)C(=O)CN(c1ccc(C)c(Cl)c1)S(=O)(=O)c1ccc(C)cc1. The molecule has 220 valence electrons. The standard InChI is InChI=1S/C31H37Cl2N3O4S/c1-7-28(30(38)34-31(4,5)6)35(19-23-11-13-24(32)14-12-23)29(37)20-36(25-15-10-22(3)27(33)18-25)41(39,40)26-16-8-21(2)9-17-26/h8-18,28H,7,19-20H2,1-6H3,(H,34,38)/t28-/m0/s1. The molecular weight excluding hydrogens is 581 g/mol. The molecule has 41 heavy (non-hydrogen) atoms. The number of amides is 2. The highest BCUT2D eigenvalue weighted by Gasteiger charge is 2.34. The minimum Gasteiger partial charge on any atom is -0.350 e. The Morgan fingerprint density at radius 2 is 1.54 bits per heavy atom. The minimum atomic E-state index is -4.18. The summed E-state index contributed by atoms with van der Waals surface area (Å²) < 4.78 is 29.0. The molecule has 3 rings (SSSR count). The smallest absolute Gasteiger partial charge is 0.264 e. The number of nitrogens with one attached hydrogen (secondary N) is 1. The van der Waals surface area contributed by atoms with Crippen LogP contribution >= 0.6 is 23.2 Å². The molecule has 0 saturated carbocycles. The Kier molecular flexibility index (Phi) is 10.5. The highest BCUT2D eigenvalue weighted by Crippen LogP contribution is 2.29. The molecule has 0 aliphatic heterocycles. The Bertz CT molecular complexity index is 1490. The van der Waals surface area contributed by atoms with E-state index in [2.05, 4.69) is 5.32 Å². The topological polar surface area (TPSA) is 86.8 Å². The lowest BCUT2D eigenvalue weighted by atomic mass is 10.1. The summed E-state index contributed by atoms with van der Waals surface area (Å²) in [5.74, 6) is -0.864. The van der Waals surface area contributed by atoms with E-state index in [4.69, 9.17) is 23.2 Å². The van der Waals surface area contributed by atoms with Crippen molar-refractivity contribution in [1.29, 1.82) is 0 Å². The van der Waals surface area contributed by atoms with Crippen LogP contribution < -0.4 is 9.62 Å². The van der Waals surface area contributed by atoms with Crippen LogP contribution in [0.4, 0.5) is 5.69 Å². The number of aryl methyl sites for hydroxylation is 2. The Labute approximate surface area is 253 Å². The lowest BCUT2D eigenvalue weighted by molar-refractivity contribution is -0.141. The molecule has 0 aliphatic rings. The molecule has 0 unspecified atom stereocenters. The molecule has 0 aromatic heterocycles. The van der Waals surface area contributed by atoms with Crippen LogP contribution in [-0.4, -0.2) is 43.3 Å². The van der Waals surface area contributed by atoms with Gasteiger partial charge in [0.15, 0.2) is 0 Å². The average molecular weight is 619 g/mol. The van der Waals surface area contributed by atoms with Crippen LogP contribution in [0.5, 0.6) is 0 Å². The van der Waals surface area contributed by atoms with E-state index in [1.807, 2.05) is 41.5 Å². The van der Waals surface area contributed by atoms with E-state index in [9.17, 15) is 18.0 Å². The van der Waals surface area contributed by atoms with E-state index in [0.29, 0.717) is 16.5 Å². The number of benzene rings is 3. The van der Waals surface area contributed by atoms with Crippen molar-refractivity contribution in [1.82, 2.24) is 10.2 Å². The van der Waals surface area contributed by atoms with E-state index in [0.717, 1.165) is 21.0 Å². The number of sulfonamides is 1. The van der Waals surface area contributed by atoms with Crippen LogP contribution in [0.3, 0.4) is 0 Å². The van der Waals surface area contributed by atoms with Gasteiger partial charge in [-0.05, 0) is 88.6 Å². The Morgan fingerprint density at radius 3 is 2.07 bits per heavy atom. The Hall–Kier alpha value is -3.07. The van der Waals surface area contributed by atoms with Crippen molar-refractivity contribution in [3.05, 3.63) is 93.5 Å². The zero-order valence-corrected chi connectivity index (χ0v) is 26.6. The molecular formula is C31H37Cl2N3O4S. The molecule has 0 saturated heterocycles. The molecule has 10 heteroatoms. The van der Waals surface area contributed by atoms with E-state index in [-0.39, 0.29) is 23.0 Å². The van der Waals surface area contributed by atoms with Gasteiger partial charge in [0, 0.05) is 22.1 Å². The predicted octanol–water partition coefficient (Wildman–Crippen LogP) is 6.53. The third-order valence-corrected chi connectivity index (χ3v) is 8.93. The number of carbonyl (C=O) groups excluding carboxylic acids is 2. The molecule has 0 aliphatic carbocycles. The third kappa shape index (κ3) is 8.47. The van der Waals surface area contributed by atoms with Crippen molar-refractivity contribution in [2.24, 2.45) is 0 Å². The monoisotopic (exact) mass is 617 g/mol. The van der Waals surface area contributed by atoms with Crippen molar-refractivity contribution < 1.29 is 18.0 Å². The first kappa shape index (κ1) is 32.4. The molecule has 3 aromatic carbocycles. The van der Waals surface area contributed by atoms with E-state index >= 15 is 0 Å². The molecule has 0 heterocycles. The van der Waals surface area contributed by atoms with Crippen LogP contribution in [0, 0.1) is 13.8 Å². The molecule has 0 radical (unpaired) electrons. The minimum absolute atomic E-state index is 0.0364. The quantitative estimate of drug-likeness (QED) is 0.280. The second kappa shape index (κ2) is 13.3. The second-order valence-electron chi connectivity index (χ2n) is 11.1. The van der Waals surface area contributed by atoms with Gasteiger partial charge in [0.2, 0.25) is 11.8 Å². The molecule has 1 atom stereocenters. The summed E-state index contributed by atoms with van der Waals surface area (Å²) >= 11 is 12.5. The van der Waals surface area contributed by atoms with Gasteiger partial charge in [-0.2, -0.15) is 0 Å². The summed E-state index contributed by atoms with van der Waals surface area (Å²) in [5, 5.41) is 3.86. The number of hydrogen-bond donors (Lipinski definition) is 1. The largest absolute Gasteiger partial charge is 0.350 e. The molecule has 0 spiro atoms. The van der Waals surface area contributed by atoms with E-state index in [1.165, 1.54) is 23.1 Å². The maximum atomic E-state index is 14.1. The lowest BCUT2D eigenvalue weighted by Gasteiger charge is -2.35. The zero-order chi connectivity index (χ0) is 30.5. The van der Waals surface area contributed by atoms with Crippen molar-refractivity contribution >= 4 is 50.7 Å². The van der Waals surface area contributed by atoms with E-state index in [1.54, 1.807) is 48.5 Å². The van der Waals surface area contributed by atoms with Crippen molar-refractivity contribution in [2.75, 3.05) is 10.8 Å². The van der Waals surface area contributed by atoms with Crippen LogP contribution in [0.25, 0.3) is 0 Å². The summed E-state index contributed by atoms with van der Waals surface area (Å²) in [6, 6.07) is 17.4. The van der Waals surface area contributed by atoms with Gasteiger partial charge in [0.25, 0.3) is 10.0 Å². The normalized spacial score (nSPS) is 12.5. The summed E-state index contributed by atoms with van der Waals surface area (Å²) in [6.45, 7) is 10.6. The predicted molar refractivity (Wildman–Crippen MR) is 166 cm³/mol. The summed E-state index contributed by atoms with van der Waals surface area (Å²) in [7, 11) is -4.18. The number of nitrogens with zero attached hydrogens (tertiary/aromatic N) is 2. The number of anilines is 1. The van der Waals surface area contributed by atoms with Crippen LogP contribution in [0.2, 0.25) is 10.0 Å². The van der Waals surface area contributed by atoms with Gasteiger partial charge in [-0.3, -0.25) is 13.9 Å². The van der Waals surface area contributed by atoms with Crippen molar-refractivity contribution in [3.63, 3.8) is 0 Å². The van der Waals surface area contributed by atoms with Crippen molar-refractivity contribution in [3.8, 4) is 0 Å². The molecule has 0 bridgehead atoms. The van der Waals surface area contributed by atoms with E-state index < -0.39 is 34.1 Å². The fourth-order valence-corrected chi connectivity index (χ4v) is 5.97.